The maximum Gasteiger partial charge on any atom is 0.408 e. The first-order valence-corrected chi connectivity index (χ1v) is 14.6. The number of likely N-dealkylation sites (tertiary alicyclic amines) is 1. The molecule has 1 unspecified atom stereocenters. The van der Waals surface area contributed by atoms with Gasteiger partial charge in [-0.05, 0) is 59.3 Å². The van der Waals surface area contributed by atoms with Crippen LogP contribution in [0, 0.1) is 11.3 Å². The summed E-state index contributed by atoms with van der Waals surface area (Å²) in [6, 6.07) is -2.26. The molecule has 2 fully saturated rings. The zero-order valence-corrected chi connectivity index (χ0v) is 25.4. The van der Waals surface area contributed by atoms with Crippen molar-refractivity contribution in [3.8, 4) is 0 Å². The molecule has 0 aromatic rings. The first-order chi connectivity index (χ1) is 17.7. The van der Waals surface area contributed by atoms with Gasteiger partial charge in [0.25, 0.3) is 5.91 Å². The van der Waals surface area contributed by atoms with Gasteiger partial charge >= 0.3 is 16.3 Å². The predicted molar refractivity (Wildman–Crippen MR) is 146 cm³/mol. The molecule has 2 aliphatic rings. The number of carbonyl (C=O) groups excluding carboxylic acids is 4. The highest BCUT2D eigenvalue weighted by Crippen LogP contribution is 2.45. The summed E-state index contributed by atoms with van der Waals surface area (Å²) >= 11 is 0. The Kier molecular flexibility index (Phi) is 9.55. The molecular weight excluding hydrogens is 526 g/mol. The van der Waals surface area contributed by atoms with Crippen LogP contribution in [0.1, 0.15) is 74.7 Å². The van der Waals surface area contributed by atoms with E-state index in [1.165, 1.54) is 18.0 Å². The largest absolute Gasteiger partial charge is 0.444 e. The monoisotopic (exact) mass is 571 g/mol. The Balaban J connectivity index is 2.24. The number of hydrogen-bond acceptors (Lipinski definition) is 7. The van der Waals surface area contributed by atoms with Crippen LogP contribution >= 0.6 is 0 Å². The molecule has 1 heterocycles. The Morgan fingerprint density at radius 1 is 1.13 bits per heavy atom. The highest BCUT2D eigenvalue weighted by molar-refractivity contribution is 7.87. The first kappa shape index (κ1) is 32.5. The Morgan fingerprint density at radius 3 is 2.18 bits per heavy atom. The van der Waals surface area contributed by atoms with Crippen molar-refractivity contribution in [2.75, 3.05) is 13.6 Å². The molecule has 3 N–H and O–H groups in total. The number of nitrogens with zero attached hydrogens (tertiary/aromatic N) is 2. The van der Waals surface area contributed by atoms with E-state index in [1.807, 2.05) is 0 Å². The van der Waals surface area contributed by atoms with E-state index >= 15 is 0 Å². The van der Waals surface area contributed by atoms with Gasteiger partial charge in [-0.2, -0.15) is 12.7 Å². The van der Waals surface area contributed by atoms with Gasteiger partial charge in [0.2, 0.25) is 11.8 Å². The van der Waals surface area contributed by atoms with Crippen LogP contribution in [0.15, 0.2) is 12.7 Å². The van der Waals surface area contributed by atoms with E-state index in [1.54, 1.807) is 55.4 Å². The molecular formula is C26H45N5O7S. The van der Waals surface area contributed by atoms with Crippen LogP contribution < -0.4 is 15.4 Å². The number of ether oxygens (including phenoxy) is 1. The molecule has 4 amide bonds. The fourth-order valence-electron chi connectivity index (χ4n) is 4.44. The number of rotatable bonds is 9. The lowest BCUT2D eigenvalue weighted by Crippen LogP contribution is -2.60. The summed E-state index contributed by atoms with van der Waals surface area (Å²) in [6.07, 6.45) is 1.83. The van der Waals surface area contributed by atoms with Crippen LogP contribution in [0.3, 0.4) is 0 Å². The van der Waals surface area contributed by atoms with Crippen molar-refractivity contribution in [3.63, 3.8) is 0 Å². The summed E-state index contributed by atoms with van der Waals surface area (Å²) in [5.41, 5.74) is -2.94. The normalized spacial score (nSPS) is 24.2. The van der Waals surface area contributed by atoms with Gasteiger partial charge in [0.1, 0.15) is 23.2 Å². The summed E-state index contributed by atoms with van der Waals surface area (Å²) in [6.45, 7) is 17.9. The average Bonchev–Trinajstić information content (AvgIpc) is 3.26. The zero-order valence-electron chi connectivity index (χ0n) is 24.6. The second kappa shape index (κ2) is 11.4. The molecule has 1 saturated heterocycles. The van der Waals surface area contributed by atoms with E-state index in [2.05, 4.69) is 21.9 Å². The van der Waals surface area contributed by atoms with Gasteiger partial charge in [-0.25, -0.2) is 9.52 Å². The van der Waals surface area contributed by atoms with Gasteiger partial charge in [-0.3, -0.25) is 14.4 Å². The van der Waals surface area contributed by atoms with E-state index in [0.29, 0.717) is 12.8 Å². The van der Waals surface area contributed by atoms with Crippen molar-refractivity contribution in [2.45, 2.75) is 104 Å². The molecule has 1 aliphatic carbocycles. The molecule has 0 spiro atoms. The minimum Gasteiger partial charge on any atom is -0.444 e. The minimum absolute atomic E-state index is 0.181. The lowest BCUT2D eigenvalue weighted by atomic mass is 9.85. The van der Waals surface area contributed by atoms with Crippen LogP contribution in [0.2, 0.25) is 0 Å². The molecule has 0 aromatic carbocycles. The smallest absolute Gasteiger partial charge is 0.408 e. The quantitative estimate of drug-likeness (QED) is 0.356. The average molecular weight is 572 g/mol. The molecule has 0 bridgehead atoms. The number of carbonyl (C=O) groups is 4. The summed E-state index contributed by atoms with van der Waals surface area (Å²) in [7, 11) is -2.78. The zero-order chi connectivity index (χ0) is 30.1. The molecule has 2 rings (SSSR count). The summed E-state index contributed by atoms with van der Waals surface area (Å²) in [5, 5.41) is 5.38. The molecule has 13 heteroatoms. The van der Waals surface area contributed by atoms with Gasteiger partial charge in [0.05, 0.1) is 0 Å². The topological polar surface area (TPSA) is 154 Å². The standard InChI is InChI=1S/C26H45N5O7S/c1-11-17-15-26(17,22(34)29-39(36,37)30(10)16(2)3)28-20(32)18-13-12-14-31(18)21(33)19(24(4,5)6)27-23(35)38-25(7,8)9/h11,16-19H,1,12-15H2,2-10H3,(H,27,35)(H,28,32)(H,29,34)/t17?,18-,19+,26+/m0/s1. The van der Waals surface area contributed by atoms with Crippen LogP contribution in [-0.4, -0.2) is 84.3 Å². The highest BCUT2D eigenvalue weighted by Gasteiger charge is 2.61. The first-order valence-electron chi connectivity index (χ1n) is 13.2. The lowest BCUT2D eigenvalue weighted by Gasteiger charge is -2.36. The van der Waals surface area contributed by atoms with E-state index in [4.69, 9.17) is 4.74 Å². The second-order valence-corrected chi connectivity index (χ2v) is 14.4. The third-order valence-electron chi connectivity index (χ3n) is 6.99. The third-order valence-corrected chi connectivity index (χ3v) is 8.61. The van der Waals surface area contributed by atoms with Crippen molar-refractivity contribution >= 4 is 34.0 Å². The number of hydrogen-bond donors (Lipinski definition) is 3. The van der Waals surface area contributed by atoms with Gasteiger partial charge in [-0.15, -0.1) is 6.58 Å². The van der Waals surface area contributed by atoms with Gasteiger partial charge in [-0.1, -0.05) is 26.8 Å². The summed E-state index contributed by atoms with van der Waals surface area (Å²) < 4.78 is 33.7. The fraction of sp³-hybridized carbons (Fsp3) is 0.769. The van der Waals surface area contributed by atoms with E-state index < -0.39 is 74.6 Å². The maximum absolute atomic E-state index is 13.7. The van der Waals surface area contributed by atoms with Crippen LogP contribution in [0.4, 0.5) is 4.79 Å². The highest BCUT2D eigenvalue weighted by atomic mass is 32.2. The van der Waals surface area contributed by atoms with Crippen molar-refractivity contribution in [2.24, 2.45) is 11.3 Å². The van der Waals surface area contributed by atoms with Gasteiger partial charge < -0.3 is 20.3 Å². The molecule has 4 atom stereocenters. The third kappa shape index (κ3) is 7.71. The Bertz CT molecular complexity index is 1090. The minimum atomic E-state index is -4.13. The second-order valence-electron chi connectivity index (χ2n) is 12.7. The van der Waals surface area contributed by atoms with Crippen LogP contribution in [0.5, 0.6) is 0 Å². The Morgan fingerprint density at radius 2 is 1.72 bits per heavy atom. The maximum atomic E-state index is 13.7. The van der Waals surface area contributed by atoms with E-state index in [-0.39, 0.29) is 13.0 Å². The fourth-order valence-corrected chi connectivity index (χ4v) is 5.55. The van der Waals surface area contributed by atoms with Gasteiger partial charge in [0.15, 0.2) is 0 Å². The Labute approximate surface area is 232 Å². The van der Waals surface area contributed by atoms with Crippen molar-refractivity contribution in [3.05, 3.63) is 12.7 Å². The number of nitrogens with one attached hydrogen (secondary N) is 3. The van der Waals surface area contributed by atoms with E-state index in [9.17, 15) is 27.6 Å². The predicted octanol–water partition coefficient (Wildman–Crippen LogP) is 1.68. The molecule has 0 radical (unpaired) electrons. The molecule has 0 aromatic heterocycles. The van der Waals surface area contributed by atoms with E-state index in [0.717, 1.165) is 4.31 Å². The SMILES string of the molecule is C=CC1C[C@]1(NC(=O)[C@@H]1CCCN1C(=O)[C@@H](NC(=O)OC(C)(C)C)C(C)(C)C)C(=O)NS(=O)(=O)N(C)C(C)C. The van der Waals surface area contributed by atoms with Crippen molar-refractivity contribution in [1.82, 2.24) is 24.6 Å². The summed E-state index contributed by atoms with van der Waals surface area (Å²) in [5.74, 6) is -2.34. The molecule has 39 heavy (non-hydrogen) atoms. The Hall–Kier alpha value is -2.67. The molecule has 222 valence electrons. The molecule has 1 aliphatic heterocycles. The number of alkyl carbamates (subject to hydrolysis) is 1. The summed E-state index contributed by atoms with van der Waals surface area (Å²) in [4.78, 5) is 54.2. The lowest BCUT2D eigenvalue weighted by molar-refractivity contribution is -0.142. The number of amides is 4. The molecule has 12 nitrogen and oxygen atoms in total. The van der Waals surface area contributed by atoms with Crippen LogP contribution in [0.25, 0.3) is 0 Å². The van der Waals surface area contributed by atoms with Gasteiger partial charge in [0, 0.05) is 25.6 Å². The molecule has 1 saturated carbocycles. The van der Waals surface area contributed by atoms with Crippen LogP contribution in [-0.2, 0) is 29.3 Å². The van der Waals surface area contributed by atoms with Crippen molar-refractivity contribution < 1.29 is 32.3 Å². The van der Waals surface area contributed by atoms with Crippen molar-refractivity contribution in [1.29, 1.82) is 0 Å².